The Morgan fingerprint density at radius 1 is 1.04 bits per heavy atom. The second-order valence-corrected chi connectivity index (χ2v) is 7.15. The van der Waals surface area contributed by atoms with Crippen molar-refractivity contribution in [2.24, 2.45) is 0 Å². The van der Waals surface area contributed by atoms with Gasteiger partial charge in [0.15, 0.2) is 9.84 Å². The molecule has 3 aromatic rings. The molecule has 0 radical (unpaired) electrons. The van der Waals surface area contributed by atoms with Crippen LogP contribution in [-0.2, 0) is 9.84 Å². The molecule has 0 amide bonds. The van der Waals surface area contributed by atoms with E-state index in [1.807, 2.05) is 6.92 Å². The maximum atomic E-state index is 11.5. The van der Waals surface area contributed by atoms with Gasteiger partial charge in [0.1, 0.15) is 5.82 Å². The molecule has 0 saturated carbocycles. The van der Waals surface area contributed by atoms with Gasteiger partial charge < -0.3 is 4.52 Å². The lowest BCUT2D eigenvalue weighted by Gasteiger charge is -2.00. The molecule has 0 fully saturated rings. The standard InChI is InChI=1S/C15H14N4O3S/c1-9-13(8-16-10(2)17-9)15-18-14(19-22-15)11-4-6-12(7-5-11)23(3,20)21/h4-8H,1-3H3. The quantitative estimate of drug-likeness (QED) is 0.726. The lowest BCUT2D eigenvalue weighted by atomic mass is 10.2. The molecule has 1 aromatic carbocycles. The first-order chi connectivity index (χ1) is 10.8. The van der Waals surface area contributed by atoms with Gasteiger partial charge in [-0.1, -0.05) is 5.16 Å². The van der Waals surface area contributed by atoms with Gasteiger partial charge in [-0.3, -0.25) is 0 Å². The molecule has 2 heterocycles. The van der Waals surface area contributed by atoms with Gasteiger partial charge in [-0.25, -0.2) is 18.4 Å². The Hall–Kier alpha value is -2.61. The minimum atomic E-state index is -3.23. The third-order valence-corrected chi connectivity index (χ3v) is 4.43. The van der Waals surface area contributed by atoms with Crippen LogP contribution in [-0.4, -0.2) is 34.8 Å². The molecule has 118 valence electrons. The highest BCUT2D eigenvalue weighted by Gasteiger charge is 2.15. The van der Waals surface area contributed by atoms with Crippen molar-refractivity contribution in [2.45, 2.75) is 18.7 Å². The molecule has 0 aliphatic carbocycles. The predicted octanol–water partition coefficient (Wildman–Crippen LogP) is 2.21. The highest BCUT2D eigenvalue weighted by Crippen LogP contribution is 2.24. The normalized spacial score (nSPS) is 11.6. The molecule has 0 unspecified atom stereocenters. The van der Waals surface area contributed by atoms with Crippen molar-refractivity contribution in [3.05, 3.63) is 42.0 Å². The van der Waals surface area contributed by atoms with Crippen molar-refractivity contribution in [1.29, 1.82) is 0 Å². The van der Waals surface area contributed by atoms with E-state index in [0.29, 0.717) is 28.7 Å². The Morgan fingerprint density at radius 3 is 2.35 bits per heavy atom. The van der Waals surface area contributed by atoms with E-state index in [2.05, 4.69) is 20.1 Å². The van der Waals surface area contributed by atoms with Crippen LogP contribution in [0.2, 0.25) is 0 Å². The average Bonchev–Trinajstić information content (AvgIpc) is 2.96. The monoisotopic (exact) mass is 330 g/mol. The van der Waals surface area contributed by atoms with Crippen molar-refractivity contribution in [3.63, 3.8) is 0 Å². The summed E-state index contributed by atoms with van der Waals surface area (Å²) in [5.74, 6) is 1.37. The number of aromatic nitrogens is 4. The van der Waals surface area contributed by atoms with Gasteiger partial charge >= 0.3 is 0 Å². The summed E-state index contributed by atoms with van der Waals surface area (Å²) in [6, 6.07) is 6.31. The molecule has 0 N–H and O–H groups in total. The summed E-state index contributed by atoms with van der Waals surface area (Å²) < 4.78 is 28.2. The van der Waals surface area contributed by atoms with Crippen molar-refractivity contribution in [1.82, 2.24) is 20.1 Å². The highest BCUT2D eigenvalue weighted by atomic mass is 32.2. The molecule has 2 aromatic heterocycles. The van der Waals surface area contributed by atoms with Crippen LogP contribution in [0.25, 0.3) is 22.8 Å². The van der Waals surface area contributed by atoms with E-state index in [9.17, 15) is 8.42 Å². The number of benzene rings is 1. The van der Waals surface area contributed by atoms with Crippen LogP contribution in [0.5, 0.6) is 0 Å². The van der Waals surface area contributed by atoms with E-state index >= 15 is 0 Å². The van der Waals surface area contributed by atoms with Gasteiger partial charge in [0.2, 0.25) is 5.82 Å². The summed E-state index contributed by atoms with van der Waals surface area (Å²) in [6.07, 6.45) is 2.80. The Morgan fingerprint density at radius 2 is 1.74 bits per heavy atom. The van der Waals surface area contributed by atoms with Gasteiger partial charge in [-0.05, 0) is 38.1 Å². The summed E-state index contributed by atoms with van der Waals surface area (Å²) >= 11 is 0. The zero-order valence-corrected chi connectivity index (χ0v) is 13.6. The predicted molar refractivity (Wildman–Crippen MR) is 83.3 cm³/mol. The largest absolute Gasteiger partial charge is 0.333 e. The third-order valence-electron chi connectivity index (χ3n) is 3.30. The Kier molecular flexibility index (Phi) is 3.69. The van der Waals surface area contributed by atoms with Crippen LogP contribution in [0.3, 0.4) is 0 Å². The van der Waals surface area contributed by atoms with Crippen molar-refractivity contribution < 1.29 is 12.9 Å². The smallest absolute Gasteiger partial charge is 0.261 e. The number of aryl methyl sites for hydroxylation is 2. The average molecular weight is 330 g/mol. The maximum absolute atomic E-state index is 11.5. The zero-order valence-electron chi connectivity index (χ0n) is 12.8. The first-order valence-corrected chi connectivity index (χ1v) is 8.68. The number of hydrogen-bond donors (Lipinski definition) is 0. The first kappa shape index (κ1) is 15.3. The molecule has 0 bridgehead atoms. The molecular weight excluding hydrogens is 316 g/mol. The Labute approximate surface area is 133 Å². The van der Waals surface area contributed by atoms with Crippen LogP contribution >= 0.6 is 0 Å². The molecule has 0 aliphatic rings. The lowest BCUT2D eigenvalue weighted by molar-refractivity contribution is 0.431. The number of nitrogens with zero attached hydrogens (tertiary/aromatic N) is 4. The van der Waals surface area contributed by atoms with Gasteiger partial charge in [0, 0.05) is 18.0 Å². The first-order valence-electron chi connectivity index (χ1n) is 6.79. The zero-order chi connectivity index (χ0) is 16.6. The van der Waals surface area contributed by atoms with E-state index in [0.717, 1.165) is 11.9 Å². The molecule has 0 saturated heterocycles. The number of rotatable bonds is 3. The highest BCUT2D eigenvalue weighted by molar-refractivity contribution is 7.90. The molecule has 0 aliphatic heterocycles. The van der Waals surface area contributed by atoms with Crippen LogP contribution in [0.15, 0.2) is 39.9 Å². The van der Waals surface area contributed by atoms with Crippen LogP contribution in [0.1, 0.15) is 11.5 Å². The molecule has 3 rings (SSSR count). The molecule has 0 atom stereocenters. The van der Waals surface area contributed by atoms with Gasteiger partial charge in [-0.2, -0.15) is 4.98 Å². The lowest BCUT2D eigenvalue weighted by Crippen LogP contribution is -1.96. The summed E-state index contributed by atoms with van der Waals surface area (Å²) in [5.41, 5.74) is 2.08. The summed E-state index contributed by atoms with van der Waals surface area (Å²) in [7, 11) is -3.23. The number of sulfone groups is 1. The Bertz CT molecular complexity index is 963. The van der Waals surface area contributed by atoms with Crippen LogP contribution < -0.4 is 0 Å². The van der Waals surface area contributed by atoms with Gasteiger partial charge in [0.05, 0.1) is 16.2 Å². The van der Waals surface area contributed by atoms with Crippen LogP contribution in [0, 0.1) is 13.8 Å². The minimum Gasteiger partial charge on any atom is -0.333 e. The number of hydrogen-bond acceptors (Lipinski definition) is 7. The van der Waals surface area contributed by atoms with Crippen LogP contribution in [0.4, 0.5) is 0 Å². The van der Waals surface area contributed by atoms with Gasteiger partial charge in [0.25, 0.3) is 5.89 Å². The second-order valence-electron chi connectivity index (χ2n) is 5.14. The molecular formula is C15H14N4O3S. The Balaban J connectivity index is 1.96. The summed E-state index contributed by atoms with van der Waals surface area (Å²) in [4.78, 5) is 13.0. The van der Waals surface area contributed by atoms with Gasteiger partial charge in [-0.15, -0.1) is 0 Å². The fraction of sp³-hybridized carbons (Fsp3) is 0.200. The van der Waals surface area contributed by atoms with Crippen molar-refractivity contribution in [2.75, 3.05) is 6.26 Å². The third kappa shape index (κ3) is 3.11. The topological polar surface area (TPSA) is 98.8 Å². The van der Waals surface area contributed by atoms with E-state index in [1.54, 1.807) is 25.3 Å². The van der Waals surface area contributed by atoms with E-state index in [1.165, 1.54) is 12.1 Å². The van der Waals surface area contributed by atoms with E-state index in [4.69, 9.17) is 4.52 Å². The summed E-state index contributed by atoms with van der Waals surface area (Å²) in [6.45, 7) is 3.65. The maximum Gasteiger partial charge on any atom is 0.261 e. The SMILES string of the molecule is Cc1ncc(-c2nc(-c3ccc(S(C)(=O)=O)cc3)no2)c(C)n1. The molecule has 8 heteroatoms. The molecule has 7 nitrogen and oxygen atoms in total. The minimum absolute atomic E-state index is 0.243. The second kappa shape index (κ2) is 5.54. The molecule has 23 heavy (non-hydrogen) atoms. The van der Waals surface area contributed by atoms with Crippen molar-refractivity contribution >= 4 is 9.84 Å². The van der Waals surface area contributed by atoms with E-state index in [-0.39, 0.29) is 4.90 Å². The van der Waals surface area contributed by atoms with Crippen molar-refractivity contribution in [3.8, 4) is 22.8 Å². The molecule has 0 spiro atoms. The van der Waals surface area contributed by atoms with E-state index < -0.39 is 9.84 Å². The fourth-order valence-corrected chi connectivity index (χ4v) is 2.72. The fourth-order valence-electron chi connectivity index (χ4n) is 2.09. The summed E-state index contributed by atoms with van der Waals surface area (Å²) in [5, 5.41) is 3.93.